The summed E-state index contributed by atoms with van der Waals surface area (Å²) >= 11 is 1.85. The topological polar surface area (TPSA) is 8.17 Å². The van der Waals surface area contributed by atoms with Gasteiger partial charge in [0, 0.05) is 53.7 Å². The molecule has 0 saturated heterocycles. The Bertz CT molecular complexity index is 3560. The SMILES string of the molecule is c1ccc(-c2ccc(N(c3ccc(-c4cccc(-c5ccc6c7c8ccccc8ccc7n(-c7ccccc7)c6c5)c4)cc3)c3ccc4sc5ccccc5c4c3)cc2)cc1. The van der Waals surface area contributed by atoms with Gasteiger partial charge in [-0.15, -0.1) is 11.3 Å². The Morgan fingerprint density at radius 2 is 0.869 bits per heavy atom. The smallest absolute Gasteiger partial charge is 0.0547 e. The van der Waals surface area contributed by atoms with Crippen molar-refractivity contribution in [2.24, 2.45) is 0 Å². The van der Waals surface area contributed by atoms with Crippen LogP contribution in [0.5, 0.6) is 0 Å². The van der Waals surface area contributed by atoms with Crippen molar-refractivity contribution in [3.05, 3.63) is 231 Å². The van der Waals surface area contributed by atoms with Crippen LogP contribution in [0.4, 0.5) is 17.1 Å². The van der Waals surface area contributed by atoms with Gasteiger partial charge < -0.3 is 9.47 Å². The first-order valence-electron chi connectivity index (χ1n) is 20.8. The molecule has 10 aromatic carbocycles. The van der Waals surface area contributed by atoms with E-state index in [4.69, 9.17) is 0 Å². The van der Waals surface area contributed by atoms with Crippen LogP contribution in [0.2, 0.25) is 0 Å². The molecular formula is C58H38N2S. The van der Waals surface area contributed by atoms with Crippen LogP contribution in [0.3, 0.4) is 0 Å². The van der Waals surface area contributed by atoms with E-state index in [9.17, 15) is 0 Å². The van der Waals surface area contributed by atoms with Gasteiger partial charge in [-0.25, -0.2) is 0 Å². The van der Waals surface area contributed by atoms with Gasteiger partial charge in [0.05, 0.1) is 11.0 Å². The summed E-state index contributed by atoms with van der Waals surface area (Å²) in [4.78, 5) is 2.38. The van der Waals surface area contributed by atoms with E-state index in [2.05, 4.69) is 240 Å². The first-order valence-corrected chi connectivity index (χ1v) is 21.6. The zero-order valence-electron chi connectivity index (χ0n) is 33.2. The standard InChI is InChI=1S/C58H38N2S/c1-3-12-39(13-4-1)40-22-28-47(29-23-40)59(49-32-35-57-53(38-49)51-20-9-10-21-56(51)61-57)48-30-24-41(25-31-48)43-15-11-16-44(36-43)45-26-33-52-55(37-45)60(46-17-5-2-6-18-46)54-34-27-42-14-7-8-19-50(42)58(52)54/h1-38H. The quantitative estimate of drug-likeness (QED) is 0.156. The van der Waals surface area contributed by atoms with E-state index in [0.717, 1.165) is 22.7 Å². The molecule has 2 heterocycles. The highest BCUT2D eigenvalue weighted by Crippen LogP contribution is 2.43. The predicted molar refractivity (Wildman–Crippen MR) is 262 cm³/mol. The maximum absolute atomic E-state index is 2.42. The molecule has 0 radical (unpaired) electrons. The lowest BCUT2D eigenvalue weighted by Gasteiger charge is -2.26. The van der Waals surface area contributed by atoms with Crippen LogP contribution in [0.25, 0.3) is 91.8 Å². The van der Waals surface area contributed by atoms with Crippen molar-refractivity contribution in [3.8, 4) is 39.1 Å². The lowest BCUT2D eigenvalue weighted by Crippen LogP contribution is -2.09. The number of hydrogen-bond acceptors (Lipinski definition) is 2. The zero-order chi connectivity index (χ0) is 40.3. The molecule has 2 aromatic heterocycles. The van der Waals surface area contributed by atoms with E-state index < -0.39 is 0 Å². The average Bonchev–Trinajstić information content (AvgIpc) is 3.88. The maximum atomic E-state index is 2.42. The highest BCUT2D eigenvalue weighted by Gasteiger charge is 2.18. The van der Waals surface area contributed by atoms with Crippen LogP contribution in [0.1, 0.15) is 0 Å². The van der Waals surface area contributed by atoms with Gasteiger partial charge in [0.2, 0.25) is 0 Å². The minimum atomic E-state index is 1.11. The molecule has 0 bridgehead atoms. The van der Waals surface area contributed by atoms with E-state index in [1.807, 2.05) is 11.3 Å². The van der Waals surface area contributed by atoms with Crippen LogP contribution in [0, 0.1) is 0 Å². The predicted octanol–water partition coefficient (Wildman–Crippen LogP) is 16.8. The summed E-state index contributed by atoms with van der Waals surface area (Å²) in [7, 11) is 0. The lowest BCUT2D eigenvalue weighted by atomic mass is 9.97. The number of para-hydroxylation sites is 1. The Hall–Kier alpha value is -7.72. The fraction of sp³-hybridized carbons (Fsp3) is 0. The van der Waals surface area contributed by atoms with E-state index >= 15 is 0 Å². The monoisotopic (exact) mass is 794 g/mol. The molecule has 0 aliphatic heterocycles. The largest absolute Gasteiger partial charge is 0.310 e. The number of aromatic nitrogens is 1. The van der Waals surface area contributed by atoms with Crippen LogP contribution in [-0.2, 0) is 0 Å². The fourth-order valence-corrected chi connectivity index (χ4v) is 10.3. The molecule has 0 spiro atoms. The summed E-state index contributed by atoms with van der Waals surface area (Å²) in [6, 6.07) is 84.1. The third-order valence-electron chi connectivity index (χ3n) is 12.2. The molecule has 0 amide bonds. The second-order valence-electron chi connectivity index (χ2n) is 15.7. The highest BCUT2D eigenvalue weighted by atomic mass is 32.1. The van der Waals surface area contributed by atoms with Gasteiger partial charge in [-0.1, -0.05) is 152 Å². The number of hydrogen-bond donors (Lipinski definition) is 0. The number of rotatable bonds is 7. The zero-order valence-corrected chi connectivity index (χ0v) is 34.1. The van der Waals surface area contributed by atoms with E-state index in [0.29, 0.717) is 0 Å². The Kier molecular flexibility index (Phi) is 8.39. The molecule has 0 N–H and O–H groups in total. The summed E-state index contributed by atoms with van der Waals surface area (Å²) in [5.74, 6) is 0. The van der Waals surface area contributed by atoms with Gasteiger partial charge in [0.1, 0.15) is 0 Å². The molecule has 2 nitrogen and oxygen atoms in total. The van der Waals surface area contributed by atoms with Gasteiger partial charge in [0.15, 0.2) is 0 Å². The molecule has 61 heavy (non-hydrogen) atoms. The second-order valence-corrected chi connectivity index (χ2v) is 16.8. The number of benzene rings is 10. The fourth-order valence-electron chi connectivity index (χ4n) is 9.24. The van der Waals surface area contributed by atoms with Crippen molar-refractivity contribution < 1.29 is 0 Å². The summed E-state index contributed by atoms with van der Waals surface area (Å²) < 4.78 is 5.03. The number of anilines is 3. The molecule has 0 unspecified atom stereocenters. The van der Waals surface area contributed by atoms with Crippen LogP contribution >= 0.6 is 11.3 Å². The van der Waals surface area contributed by atoms with Crippen molar-refractivity contribution in [1.82, 2.24) is 4.57 Å². The molecule has 0 atom stereocenters. The summed E-state index contributed by atoms with van der Waals surface area (Å²) in [5, 5.41) is 7.67. The molecule has 3 heteroatoms. The Labute approximate surface area is 358 Å². The summed E-state index contributed by atoms with van der Waals surface area (Å²) in [6.07, 6.45) is 0. The normalized spacial score (nSPS) is 11.6. The minimum Gasteiger partial charge on any atom is -0.310 e. The first kappa shape index (κ1) is 35.2. The highest BCUT2D eigenvalue weighted by molar-refractivity contribution is 7.25. The molecule has 12 aromatic rings. The van der Waals surface area contributed by atoms with Crippen LogP contribution < -0.4 is 4.90 Å². The Morgan fingerprint density at radius 1 is 0.311 bits per heavy atom. The number of fused-ring (bicyclic) bond motifs is 8. The van der Waals surface area contributed by atoms with Crippen LogP contribution in [0.15, 0.2) is 231 Å². The Balaban J connectivity index is 0.936. The molecule has 0 saturated carbocycles. The van der Waals surface area contributed by atoms with Gasteiger partial charge in [-0.2, -0.15) is 0 Å². The van der Waals surface area contributed by atoms with E-state index in [-0.39, 0.29) is 0 Å². The molecule has 0 aliphatic carbocycles. The average molecular weight is 795 g/mol. The molecule has 0 aliphatic rings. The molecule has 12 rings (SSSR count). The summed E-state index contributed by atoms with van der Waals surface area (Å²) in [6.45, 7) is 0. The van der Waals surface area contributed by atoms with Gasteiger partial charge in [-0.3, -0.25) is 0 Å². The van der Waals surface area contributed by atoms with E-state index in [1.54, 1.807) is 0 Å². The maximum Gasteiger partial charge on any atom is 0.0547 e. The van der Waals surface area contributed by atoms with Gasteiger partial charge >= 0.3 is 0 Å². The van der Waals surface area contributed by atoms with Crippen molar-refractivity contribution in [3.63, 3.8) is 0 Å². The van der Waals surface area contributed by atoms with E-state index in [1.165, 1.54) is 86.1 Å². The van der Waals surface area contributed by atoms with Crippen molar-refractivity contribution >= 4 is 81.1 Å². The van der Waals surface area contributed by atoms with Crippen molar-refractivity contribution in [2.45, 2.75) is 0 Å². The molecular weight excluding hydrogens is 757 g/mol. The second kappa shape index (κ2) is 14.5. The van der Waals surface area contributed by atoms with Gasteiger partial charge in [-0.05, 0) is 123 Å². The lowest BCUT2D eigenvalue weighted by molar-refractivity contribution is 1.18. The Morgan fingerprint density at radius 3 is 1.64 bits per heavy atom. The van der Waals surface area contributed by atoms with Gasteiger partial charge in [0.25, 0.3) is 0 Å². The third kappa shape index (κ3) is 6.09. The van der Waals surface area contributed by atoms with Crippen molar-refractivity contribution in [1.29, 1.82) is 0 Å². The molecule has 286 valence electrons. The minimum absolute atomic E-state index is 1.11. The van der Waals surface area contributed by atoms with Crippen molar-refractivity contribution in [2.75, 3.05) is 4.90 Å². The third-order valence-corrected chi connectivity index (χ3v) is 13.3. The number of thiophene rings is 1. The summed E-state index contributed by atoms with van der Waals surface area (Å²) in [5.41, 5.74) is 14.1. The number of nitrogens with zero attached hydrogens (tertiary/aromatic N) is 2. The van der Waals surface area contributed by atoms with Crippen LogP contribution in [-0.4, -0.2) is 4.57 Å². The first-order chi connectivity index (χ1) is 30.2. The molecule has 0 fully saturated rings.